The fourth-order valence-electron chi connectivity index (χ4n) is 3.44. The molecule has 1 saturated heterocycles. The molecule has 1 aliphatic heterocycles. The molecular formula is C23H28ClN3O3. The quantitative estimate of drug-likeness (QED) is 0.521. The molecule has 0 aliphatic carbocycles. The Hall–Kier alpha value is -2.41. The van der Waals surface area contributed by atoms with E-state index in [4.69, 9.17) is 16.3 Å². The summed E-state index contributed by atoms with van der Waals surface area (Å²) in [5, 5.41) is 5.84. The van der Waals surface area contributed by atoms with E-state index in [0.717, 1.165) is 44.6 Å². The molecule has 0 bridgehead atoms. The molecule has 1 aliphatic rings. The molecule has 3 rings (SSSR count). The second-order valence-electron chi connectivity index (χ2n) is 7.40. The number of amides is 2. The van der Waals surface area contributed by atoms with E-state index >= 15 is 0 Å². The number of ether oxygens (including phenoxy) is 1. The Morgan fingerprint density at radius 3 is 2.70 bits per heavy atom. The van der Waals surface area contributed by atoms with E-state index in [0.29, 0.717) is 17.3 Å². The van der Waals surface area contributed by atoms with Gasteiger partial charge < -0.3 is 15.4 Å². The molecule has 30 heavy (non-hydrogen) atoms. The SMILES string of the molecule is Cc1c(Cl)cccc1NC(=O)C(=O)NCCCCN1CCO[C@@H](c2ccccc2)C1. The van der Waals surface area contributed by atoms with E-state index in [1.807, 2.05) is 18.2 Å². The highest BCUT2D eigenvalue weighted by molar-refractivity contribution is 6.40. The summed E-state index contributed by atoms with van der Waals surface area (Å²) in [5.41, 5.74) is 2.48. The number of halogens is 1. The van der Waals surface area contributed by atoms with Crippen molar-refractivity contribution in [2.75, 3.05) is 38.1 Å². The highest BCUT2D eigenvalue weighted by Gasteiger charge is 2.21. The van der Waals surface area contributed by atoms with E-state index in [9.17, 15) is 9.59 Å². The molecule has 1 heterocycles. The first-order chi connectivity index (χ1) is 14.5. The van der Waals surface area contributed by atoms with Crippen molar-refractivity contribution in [1.82, 2.24) is 10.2 Å². The zero-order valence-corrected chi connectivity index (χ0v) is 18.0. The molecule has 2 amide bonds. The third-order valence-electron chi connectivity index (χ3n) is 5.23. The van der Waals surface area contributed by atoms with Gasteiger partial charge in [0.05, 0.1) is 12.7 Å². The molecule has 160 valence electrons. The predicted octanol–water partition coefficient (Wildman–Crippen LogP) is 3.56. The van der Waals surface area contributed by atoms with E-state index in [1.165, 1.54) is 5.56 Å². The maximum atomic E-state index is 12.1. The Balaban J connectivity index is 1.34. The van der Waals surface area contributed by atoms with Crippen LogP contribution in [-0.4, -0.2) is 49.5 Å². The number of unbranched alkanes of at least 4 members (excludes halogenated alkanes) is 1. The van der Waals surface area contributed by atoms with Gasteiger partial charge in [-0.1, -0.05) is 48.0 Å². The third-order valence-corrected chi connectivity index (χ3v) is 5.64. The number of nitrogens with zero attached hydrogens (tertiary/aromatic N) is 1. The van der Waals surface area contributed by atoms with Crippen LogP contribution < -0.4 is 10.6 Å². The van der Waals surface area contributed by atoms with Crippen LogP contribution in [0.4, 0.5) is 5.69 Å². The first-order valence-corrected chi connectivity index (χ1v) is 10.7. The van der Waals surface area contributed by atoms with Crippen molar-refractivity contribution in [3.05, 3.63) is 64.7 Å². The molecular weight excluding hydrogens is 402 g/mol. The minimum absolute atomic E-state index is 0.110. The Morgan fingerprint density at radius 2 is 1.90 bits per heavy atom. The summed E-state index contributed by atoms with van der Waals surface area (Å²) in [6.45, 7) is 5.71. The van der Waals surface area contributed by atoms with Gasteiger partial charge in [-0.05, 0) is 49.6 Å². The molecule has 0 radical (unpaired) electrons. The summed E-state index contributed by atoms with van der Waals surface area (Å²) in [6, 6.07) is 15.5. The number of rotatable bonds is 7. The number of carbonyl (C=O) groups excluding carboxylic acids is 2. The lowest BCUT2D eigenvalue weighted by molar-refractivity contribution is -0.136. The Labute approximate surface area is 182 Å². The molecule has 1 atom stereocenters. The fraction of sp³-hybridized carbons (Fsp3) is 0.391. The minimum atomic E-state index is -0.681. The van der Waals surface area contributed by atoms with Gasteiger partial charge in [0.25, 0.3) is 0 Å². The van der Waals surface area contributed by atoms with Crippen molar-refractivity contribution < 1.29 is 14.3 Å². The number of nitrogens with one attached hydrogen (secondary N) is 2. The standard InChI is InChI=1S/C23H28ClN3O3/c1-17-19(24)10-7-11-20(17)26-23(29)22(28)25-12-5-6-13-27-14-15-30-21(16-27)18-8-3-2-4-9-18/h2-4,7-11,21H,5-6,12-16H2,1H3,(H,25,28)(H,26,29)/t21-/m1/s1. The second kappa shape index (κ2) is 11.1. The van der Waals surface area contributed by atoms with Crippen LogP contribution in [0.1, 0.15) is 30.1 Å². The zero-order chi connectivity index (χ0) is 21.3. The lowest BCUT2D eigenvalue weighted by Gasteiger charge is -2.33. The summed E-state index contributed by atoms with van der Waals surface area (Å²) in [6.07, 6.45) is 1.86. The summed E-state index contributed by atoms with van der Waals surface area (Å²) in [7, 11) is 0. The topological polar surface area (TPSA) is 70.7 Å². The van der Waals surface area contributed by atoms with Gasteiger partial charge in [0.1, 0.15) is 0 Å². The van der Waals surface area contributed by atoms with Gasteiger partial charge in [0.2, 0.25) is 0 Å². The number of carbonyl (C=O) groups is 2. The highest BCUT2D eigenvalue weighted by Crippen LogP contribution is 2.23. The van der Waals surface area contributed by atoms with Crippen molar-refractivity contribution in [3.8, 4) is 0 Å². The van der Waals surface area contributed by atoms with Gasteiger partial charge in [-0.2, -0.15) is 0 Å². The second-order valence-corrected chi connectivity index (χ2v) is 7.81. The van der Waals surface area contributed by atoms with Gasteiger partial charge in [0.15, 0.2) is 0 Å². The van der Waals surface area contributed by atoms with Crippen LogP contribution in [0.25, 0.3) is 0 Å². The lowest BCUT2D eigenvalue weighted by atomic mass is 10.1. The van der Waals surface area contributed by atoms with Crippen molar-refractivity contribution in [2.24, 2.45) is 0 Å². The molecule has 2 aromatic rings. The van der Waals surface area contributed by atoms with Gasteiger partial charge in [0, 0.05) is 30.3 Å². The molecule has 6 nitrogen and oxygen atoms in total. The molecule has 2 aromatic carbocycles. The zero-order valence-electron chi connectivity index (χ0n) is 17.2. The van der Waals surface area contributed by atoms with Crippen molar-refractivity contribution in [2.45, 2.75) is 25.9 Å². The normalized spacial score (nSPS) is 16.8. The van der Waals surface area contributed by atoms with E-state index in [2.05, 4.69) is 27.7 Å². The third kappa shape index (κ3) is 6.29. The van der Waals surface area contributed by atoms with Crippen LogP contribution in [-0.2, 0) is 14.3 Å². The highest BCUT2D eigenvalue weighted by atomic mass is 35.5. The van der Waals surface area contributed by atoms with Gasteiger partial charge in [-0.3, -0.25) is 14.5 Å². The van der Waals surface area contributed by atoms with Crippen molar-refractivity contribution in [1.29, 1.82) is 0 Å². The van der Waals surface area contributed by atoms with E-state index < -0.39 is 11.8 Å². The van der Waals surface area contributed by atoms with Crippen LogP contribution in [0, 0.1) is 6.92 Å². The number of morpholine rings is 1. The molecule has 7 heteroatoms. The summed E-state index contributed by atoms with van der Waals surface area (Å²) in [4.78, 5) is 26.5. The van der Waals surface area contributed by atoms with Crippen molar-refractivity contribution in [3.63, 3.8) is 0 Å². The van der Waals surface area contributed by atoms with Crippen LogP contribution in [0.5, 0.6) is 0 Å². The van der Waals surface area contributed by atoms with Crippen LogP contribution >= 0.6 is 11.6 Å². The van der Waals surface area contributed by atoms with Gasteiger partial charge in [-0.25, -0.2) is 0 Å². The number of hydrogen-bond acceptors (Lipinski definition) is 4. The van der Waals surface area contributed by atoms with Gasteiger partial charge in [-0.15, -0.1) is 0 Å². The Bertz CT molecular complexity index is 860. The van der Waals surface area contributed by atoms with E-state index in [1.54, 1.807) is 25.1 Å². The average Bonchev–Trinajstić information content (AvgIpc) is 2.77. The van der Waals surface area contributed by atoms with Crippen molar-refractivity contribution >= 4 is 29.1 Å². The fourth-order valence-corrected chi connectivity index (χ4v) is 3.61. The number of hydrogen-bond donors (Lipinski definition) is 2. The maximum absolute atomic E-state index is 12.1. The monoisotopic (exact) mass is 429 g/mol. The summed E-state index contributed by atoms with van der Waals surface area (Å²) < 4.78 is 5.89. The van der Waals surface area contributed by atoms with E-state index in [-0.39, 0.29) is 6.10 Å². The predicted molar refractivity (Wildman–Crippen MR) is 119 cm³/mol. The summed E-state index contributed by atoms with van der Waals surface area (Å²) >= 11 is 6.04. The first kappa shape index (κ1) is 22.3. The van der Waals surface area contributed by atoms with Crippen LogP contribution in [0.2, 0.25) is 5.02 Å². The first-order valence-electron chi connectivity index (χ1n) is 10.3. The Kier molecular flexibility index (Phi) is 8.25. The number of benzene rings is 2. The molecule has 1 fully saturated rings. The molecule has 2 N–H and O–H groups in total. The maximum Gasteiger partial charge on any atom is 0.313 e. The largest absolute Gasteiger partial charge is 0.371 e. The van der Waals surface area contributed by atoms with Crippen LogP contribution in [0.3, 0.4) is 0 Å². The smallest absolute Gasteiger partial charge is 0.313 e. The molecule has 0 unspecified atom stereocenters. The lowest BCUT2D eigenvalue weighted by Crippen LogP contribution is -2.39. The molecule has 0 aromatic heterocycles. The molecule has 0 spiro atoms. The van der Waals surface area contributed by atoms with Crippen LogP contribution in [0.15, 0.2) is 48.5 Å². The summed E-state index contributed by atoms with van der Waals surface area (Å²) in [5.74, 6) is -1.32. The molecule has 0 saturated carbocycles. The van der Waals surface area contributed by atoms with Gasteiger partial charge >= 0.3 is 11.8 Å². The number of anilines is 1. The minimum Gasteiger partial charge on any atom is -0.371 e. The Morgan fingerprint density at radius 1 is 1.10 bits per heavy atom. The average molecular weight is 430 g/mol.